The predicted molar refractivity (Wildman–Crippen MR) is 150 cm³/mol. The van der Waals surface area contributed by atoms with Gasteiger partial charge in [0.2, 0.25) is 0 Å². The molecule has 4 heteroatoms. The summed E-state index contributed by atoms with van der Waals surface area (Å²) in [7, 11) is -1.79. The Labute approximate surface area is 211 Å². The van der Waals surface area contributed by atoms with Gasteiger partial charge in [-0.15, -0.1) is 0 Å². The van der Waals surface area contributed by atoms with Crippen molar-refractivity contribution in [1.29, 1.82) is 0 Å². The van der Waals surface area contributed by atoms with Crippen LogP contribution in [-0.4, -0.2) is 30.3 Å². The Morgan fingerprint density at radius 2 is 1.34 bits per heavy atom. The Bertz CT molecular complexity index is 967. The molecule has 2 unspecified atom stereocenters. The second kappa shape index (κ2) is 11.5. The van der Waals surface area contributed by atoms with Crippen molar-refractivity contribution in [3.63, 3.8) is 0 Å². The fourth-order valence-corrected chi connectivity index (χ4v) is 9.68. The molecule has 0 amide bonds. The summed E-state index contributed by atoms with van der Waals surface area (Å²) in [4.78, 5) is 12.7. The first-order chi connectivity index (χ1) is 16.9. The zero-order valence-electron chi connectivity index (χ0n) is 21.3. The number of rotatable bonds is 8. The van der Waals surface area contributed by atoms with Gasteiger partial charge < -0.3 is 10.1 Å². The molecule has 1 aliphatic heterocycles. The van der Waals surface area contributed by atoms with E-state index in [0.29, 0.717) is 5.92 Å². The molecule has 0 aliphatic carbocycles. The molecule has 1 saturated heterocycles. The van der Waals surface area contributed by atoms with E-state index in [1.807, 2.05) is 20.8 Å². The maximum absolute atomic E-state index is 12.7. The van der Waals surface area contributed by atoms with Crippen LogP contribution in [0, 0.1) is 5.92 Å². The second-order valence-electron chi connectivity index (χ2n) is 10.6. The third kappa shape index (κ3) is 6.40. The van der Waals surface area contributed by atoms with Gasteiger partial charge in [-0.1, -0.05) is 54.6 Å². The zero-order chi connectivity index (χ0) is 24.7. The molecule has 3 aromatic rings. The normalized spacial score (nSPS) is 18.7. The highest BCUT2D eigenvalue weighted by atomic mass is 31.2. The lowest BCUT2D eigenvalue weighted by atomic mass is 9.89. The SMILES string of the molecule is CC(C)(C)OC(=O)C1CC(CCC[P+](c2ccccc2)(c2ccccc2)c2ccccc2)CCN1. The minimum Gasteiger partial charge on any atom is -0.459 e. The van der Waals surface area contributed by atoms with Crippen LogP contribution in [0.4, 0.5) is 0 Å². The molecule has 1 aliphatic rings. The lowest BCUT2D eigenvalue weighted by Crippen LogP contribution is -2.46. The van der Waals surface area contributed by atoms with E-state index in [1.54, 1.807) is 0 Å². The van der Waals surface area contributed by atoms with E-state index in [2.05, 4.69) is 96.3 Å². The van der Waals surface area contributed by atoms with Gasteiger partial charge in [0.05, 0.1) is 6.16 Å². The highest BCUT2D eigenvalue weighted by Gasteiger charge is 2.44. The Morgan fingerprint density at radius 3 is 1.80 bits per heavy atom. The van der Waals surface area contributed by atoms with Crippen molar-refractivity contribution in [3.05, 3.63) is 91.0 Å². The van der Waals surface area contributed by atoms with Crippen LogP contribution in [0.5, 0.6) is 0 Å². The molecule has 1 N–H and O–H groups in total. The van der Waals surface area contributed by atoms with Crippen molar-refractivity contribution in [1.82, 2.24) is 5.32 Å². The van der Waals surface area contributed by atoms with Crippen LogP contribution < -0.4 is 21.2 Å². The standard InChI is InChI=1S/C31H39NO2P/c1-31(2,3)34-30(33)29-24-25(21-22-32-29)14-13-23-35(26-15-7-4-8-16-26,27-17-9-5-10-18-27)28-19-11-6-12-20-28/h4-12,15-20,25,29,32H,13-14,21-24H2,1-3H3/q+1. The van der Waals surface area contributed by atoms with E-state index >= 15 is 0 Å². The van der Waals surface area contributed by atoms with Crippen LogP contribution in [0.3, 0.4) is 0 Å². The molecule has 0 saturated carbocycles. The van der Waals surface area contributed by atoms with E-state index in [4.69, 9.17) is 4.74 Å². The van der Waals surface area contributed by atoms with Crippen molar-refractivity contribution in [2.45, 2.75) is 58.1 Å². The minimum atomic E-state index is -1.79. The van der Waals surface area contributed by atoms with E-state index in [-0.39, 0.29) is 12.0 Å². The number of hydrogen-bond donors (Lipinski definition) is 1. The Morgan fingerprint density at radius 1 is 0.857 bits per heavy atom. The third-order valence-corrected chi connectivity index (χ3v) is 11.4. The topological polar surface area (TPSA) is 38.3 Å². The van der Waals surface area contributed by atoms with Crippen LogP contribution in [0.15, 0.2) is 91.0 Å². The molecule has 0 aromatic heterocycles. The average molecular weight is 489 g/mol. The lowest BCUT2D eigenvalue weighted by Gasteiger charge is -2.32. The van der Waals surface area contributed by atoms with Gasteiger partial charge in [0.25, 0.3) is 0 Å². The van der Waals surface area contributed by atoms with Crippen molar-refractivity contribution in [2.75, 3.05) is 12.7 Å². The number of carbonyl (C=O) groups is 1. The Kier molecular flexibility index (Phi) is 8.42. The summed E-state index contributed by atoms with van der Waals surface area (Å²) >= 11 is 0. The third-order valence-electron chi connectivity index (χ3n) is 6.90. The molecular formula is C31H39NO2P+. The summed E-state index contributed by atoms with van der Waals surface area (Å²) < 4.78 is 5.66. The maximum Gasteiger partial charge on any atom is 0.323 e. The van der Waals surface area contributed by atoms with E-state index in [0.717, 1.165) is 38.4 Å². The number of benzene rings is 3. The number of esters is 1. The van der Waals surface area contributed by atoms with Gasteiger partial charge in [0, 0.05) is 0 Å². The monoisotopic (exact) mass is 488 g/mol. The summed E-state index contributed by atoms with van der Waals surface area (Å²) in [5.74, 6) is 0.430. The highest BCUT2D eigenvalue weighted by Crippen LogP contribution is 2.56. The quantitative estimate of drug-likeness (QED) is 0.338. The molecule has 0 spiro atoms. The fourth-order valence-electron chi connectivity index (χ4n) is 5.31. The van der Waals surface area contributed by atoms with E-state index in [1.165, 1.54) is 15.9 Å². The molecule has 184 valence electrons. The highest BCUT2D eigenvalue weighted by molar-refractivity contribution is 7.95. The first kappa shape index (κ1) is 25.6. The summed E-state index contributed by atoms with van der Waals surface area (Å²) in [5, 5.41) is 7.71. The largest absolute Gasteiger partial charge is 0.459 e. The van der Waals surface area contributed by atoms with Gasteiger partial charge in [-0.05, 0) is 95.3 Å². The Balaban J connectivity index is 1.56. The fraction of sp³-hybridized carbons (Fsp3) is 0.387. The van der Waals surface area contributed by atoms with E-state index < -0.39 is 12.9 Å². The van der Waals surface area contributed by atoms with Gasteiger partial charge in [0.15, 0.2) is 0 Å². The van der Waals surface area contributed by atoms with Crippen LogP contribution in [0.1, 0.15) is 46.5 Å². The van der Waals surface area contributed by atoms with E-state index in [9.17, 15) is 4.79 Å². The number of ether oxygens (including phenoxy) is 1. The van der Waals surface area contributed by atoms with Crippen molar-refractivity contribution in [2.24, 2.45) is 5.92 Å². The first-order valence-corrected chi connectivity index (χ1v) is 14.9. The summed E-state index contributed by atoms with van der Waals surface area (Å²) in [5.41, 5.74) is -0.448. The second-order valence-corrected chi connectivity index (χ2v) is 14.2. The van der Waals surface area contributed by atoms with Gasteiger partial charge >= 0.3 is 5.97 Å². The maximum atomic E-state index is 12.7. The molecule has 3 aromatic carbocycles. The van der Waals surface area contributed by atoms with Crippen molar-refractivity contribution in [3.8, 4) is 0 Å². The zero-order valence-corrected chi connectivity index (χ0v) is 22.2. The van der Waals surface area contributed by atoms with Crippen molar-refractivity contribution < 1.29 is 9.53 Å². The molecular weight excluding hydrogens is 449 g/mol. The van der Waals surface area contributed by atoms with Crippen LogP contribution in [0.2, 0.25) is 0 Å². The smallest absolute Gasteiger partial charge is 0.323 e. The van der Waals surface area contributed by atoms with Gasteiger partial charge in [-0.2, -0.15) is 0 Å². The summed E-state index contributed by atoms with van der Waals surface area (Å²) in [6.07, 6.45) is 5.38. The molecule has 0 bridgehead atoms. The lowest BCUT2D eigenvalue weighted by molar-refractivity contribution is -0.158. The van der Waals surface area contributed by atoms with Crippen LogP contribution >= 0.6 is 7.26 Å². The predicted octanol–water partition coefficient (Wildman–Crippen LogP) is 5.47. The number of carbonyl (C=O) groups excluding carboxylic acids is 1. The molecule has 1 fully saturated rings. The molecule has 35 heavy (non-hydrogen) atoms. The van der Waals surface area contributed by atoms with Gasteiger partial charge in [-0.25, -0.2) is 0 Å². The number of piperidine rings is 1. The van der Waals surface area contributed by atoms with Crippen molar-refractivity contribution >= 4 is 29.1 Å². The van der Waals surface area contributed by atoms with Crippen LogP contribution in [-0.2, 0) is 9.53 Å². The molecule has 1 heterocycles. The number of hydrogen-bond acceptors (Lipinski definition) is 3. The van der Waals surface area contributed by atoms with Crippen LogP contribution in [0.25, 0.3) is 0 Å². The average Bonchev–Trinajstić information content (AvgIpc) is 2.87. The van der Waals surface area contributed by atoms with Gasteiger partial charge in [0.1, 0.15) is 34.8 Å². The Hall–Kier alpha value is -2.48. The molecule has 2 atom stereocenters. The minimum absolute atomic E-state index is 0.109. The summed E-state index contributed by atoms with van der Waals surface area (Å²) in [6, 6.07) is 33.1. The first-order valence-electron chi connectivity index (χ1n) is 12.9. The molecule has 3 nitrogen and oxygen atoms in total. The molecule has 0 radical (unpaired) electrons. The van der Waals surface area contributed by atoms with Gasteiger partial charge in [-0.3, -0.25) is 4.79 Å². The number of nitrogens with one attached hydrogen (secondary N) is 1. The summed E-state index contributed by atoms with van der Waals surface area (Å²) in [6.45, 7) is 6.69. The molecule has 4 rings (SSSR count).